The van der Waals surface area contributed by atoms with Crippen molar-refractivity contribution in [3.05, 3.63) is 36.2 Å². The van der Waals surface area contributed by atoms with Crippen LogP contribution in [0.2, 0.25) is 0 Å². The molecule has 0 saturated carbocycles. The molecule has 0 unspecified atom stereocenters. The highest BCUT2D eigenvalue weighted by atomic mass is 15.5. The highest BCUT2D eigenvalue weighted by Gasteiger charge is 2.12. The molecule has 0 radical (unpaired) electrons. The van der Waals surface area contributed by atoms with Gasteiger partial charge < -0.3 is 10.2 Å². The van der Waals surface area contributed by atoms with Gasteiger partial charge in [-0.15, -0.1) is 5.10 Å². The van der Waals surface area contributed by atoms with Gasteiger partial charge in [-0.1, -0.05) is 18.2 Å². The van der Waals surface area contributed by atoms with Gasteiger partial charge in [0.2, 0.25) is 0 Å². The van der Waals surface area contributed by atoms with Crippen molar-refractivity contribution in [3.63, 3.8) is 0 Å². The maximum Gasteiger partial charge on any atom is 0.193 e. The number of hydrogen-bond donors (Lipinski definition) is 1. The fraction of sp³-hybridized carbons (Fsp3) is 0.385. The fourth-order valence-corrected chi connectivity index (χ4v) is 2.14. The second kappa shape index (κ2) is 5.68. The first-order chi connectivity index (χ1) is 9.84. The Bertz CT molecular complexity index is 590. The van der Waals surface area contributed by atoms with Crippen LogP contribution in [0.15, 0.2) is 35.3 Å². The molecule has 0 spiro atoms. The largest absolute Gasteiger partial charge is 0.356 e. The van der Waals surface area contributed by atoms with E-state index in [1.807, 2.05) is 37.4 Å². The monoisotopic (exact) mass is 271 g/mol. The molecule has 2 aromatic rings. The lowest BCUT2D eigenvalue weighted by Crippen LogP contribution is -2.36. The molecule has 0 amide bonds. The van der Waals surface area contributed by atoms with Crippen molar-refractivity contribution in [1.29, 1.82) is 0 Å². The summed E-state index contributed by atoms with van der Waals surface area (Å²) in [6.45, 7) is 2.60. The Labute approximate surface area is 117 Å². The number of hydrogen-bond acceptors (Lipinski definition) is 6. The number of aromatic nitrogens is 4. The van der Waals surface area contributed by atoms with Crippen LogP contribution in [-0.2, 0) is 6.42 Å². The van der Waals surface area contributed by atoms with E-state index < -0.39 is 0 Å². The fourth-order valence-electron chi connectivity index (χ4n) is 2.14. The van der Waals surface area contributed by atoms with Crippen LogP contribution >= 0.6 is 0 Å². The van der Waals surface area contributed by atoms with E-state index in [1.165, 1.54) is 0 Å². The van der Waals surface area contributed by atoms with Crippen molar-refractivity contribution in [2.75, 3.05) is 26.7 Å². The smallest absolute Gasteiger partial charge is 0.193 e. The molecule has 104 valence electrons. The standard InChI is InChI=1S/C13H17N7/c1-19-10-9-15-13(19)14-8-7-12-16-17-18-20(12)11-5-3-2-4-6-11/h2-6H,7-10H2,1H3,(H,14,15). The summed E-state index contributed by atoms with van der Waals surface area (Å²) in [4.78, 5) is 6.50. The first kappa shape index (κ1) is 12.6. The van der Waals surface area contributed by atoms with Crippen LogP contribution in [0, 0.1) is 0 Å². The molecule has 7 heteroatoms. The normalized spacial score (nSPS) is 14.4. The van der Waals surface area contributed by atoms with Gasteiger partial charge in [0, 0.05) is 26.6 Å². The molecule has 3 rings (SSSR count). The maximum atomic E-state index is 4.39. The van der Waals surface area contributed by atoms with Gasteiger partial charge in [0.1, 0.15) is 0 Å². The van der Waals surface area contributed by atoms with Gasteiger partial charge in [-0.2, -0.15) is 4.68 Å². The van der Waals surface area contributed by atoms with Crippen molar-refractivity contribution in [2.24, 2.45) is 4.99 Å². The number of aliphatic imine (C=N–C) groups is 1. The Morgan fingerprint density at radius 1 is 1.25 bits per heavy atom. The molecule has 1 aromatic heterocycles. The van der Waals surface area contributed by atoms with E-state index in [-0.39, 0.29) is 0 Å². The molecule has 0 fully saturated rings. The Morgan fingerprint density at radius 2 is 2.10 bits per heavy atom. The molecule has 1 aliphatic heterocycles. The number of benzene rings is 1. The Balaban J connectivity index is 1.63. The molecule has 0 aliphatic carbocycles. The number of nitrogens with zero attached hydrogens (tertiary/aromatic N) is 6. The SMILES string of the molecule is CN1CCN=C1NCCc1nnnn1-c1ccccc1. The van der Waals surface area contributed by atoms with Gasteiger partial charge in [0.05, 0.1) is 12.2 Å². The summed E-state index contributed by atoms with van der Waals surface area (Å²) in [6, 6.07) is 9.90. The van der Waals surface area contributed by atoms with Crippen LogP contribution in [0.25, 0.3) is 5.69 Å². The van der Waals surface area contributed by atoms with Gasteiger partial charge in [0.25, 0.3) is 0 Å². The molecule has 0 bridgehead atoms. The van der Waals surface area contributed by atoms with Crippen molar-refractivity contribution in [3.8, 4) is 5.69 Å². The first-order valence-electron chi connectivity index (χ1n) is 6.67. The molecule has 1 aromatic carbocycles. The Morgan fingerprint density at radius 3 is 2.85 bits per heavy atom. The third kappa shape index (κ3) is 2.61. The molecular weight excluding hydrogens is 254 g/mol. The zero-order valence-electron chi connectivity index (χ0n) is 11.4. The Kier molecular flexibility index (Phi) is 3.58. The number of tetrazole rings is 1. The summed E-state index contributed by atoms with van der Waals surface area (Å²) < 4.78 is 1.77. The first-order valence-corrected chi connectivity index (χ1v) is 6.67. The maximum absolute atomic E-state index is 4.39. The zero-order chi connectivity index (χ0) is 13.8. The van der Waals surface area contributed by atoms with Crippen molar-refractivity contribution < 1.29 is 0 Å². The summed E-state index contributed by atoms with van der Waals surface area (Å²) >= 11 is 0. The molecule has 7 nitrogen and oxygen atoms in total. The van der Waals surface area contributed by atoms with Gasteiger partial charge >= 0.3 is 0 Å². The van der Waals surface area contributed by atoms with E-state index in [1.54, 1.807) is 4.68 Å². The van der Waals surface area contributed by atoms with Crippen LogP contribution in [0.1, 0.15) is 5.82 Å². The third-order valence-corrected chi connectivity index (χ3v) is 3.23. The van der Waals surface area contributed by atoms with Crippen LogP contribution in [0.4, 0.5) is 0 Å². The van der Waals surface area contributed by atoms with Crippen molar-refractivity contribution >= 4 is 5.96 Å². The minimum atomic E-state index is 0.745. The van der Waals surface area contributed by atoms with Gasteiger partial charge in [-0.25, -0.2) is 0 Å². The predicted molar refractivity (Wildman–Crippen MR) is 75.8 cm³/mol. The van der Waals surface area contributed by atoms with E-state index in [0.717, 1.165) is 43.5 Å². The number of guanidine groups is 1. The third-order valence-electron chi connectivity index (χ3n) is 3.23. The molecule has 1 N–H and O–H groups in total. The topological polar surface area (TPSA) is 71.2 Å². The van der Waals surface area contributed by atoms with Gasteiger partial charge in [-0.3, -0.25) is 4.99 Å². The molecule has 20 heavy (non-hydrogen) atoms. The summed E-state index contributed by atoms with van der Waals surface area (Å²) in [5.41, 5.74) is 0.975. The Hall–Kier alpha value is -2.44. The lowest BCUT2D eigenvalue weighted by atomic mass is 10.3. The lowest BCUT2D eigenvalue weighted by molar-refractivity contribution is 0.533. The molecule has 0 atom stereocenters. The number of likely N-dealkylation sites (N-methyl/N-ethyl adjacent to an activating group) is 1. The summed E-state index contributed by atoms with van der Waals surface area (Å²) in [6.07, 6.45) is 0.745. The molecule has 1 aliphatic rings. The van der Waals surface area contributed by atoms with Crippen molar-refractivity contribution in [1.82, 2.24) is 30.4 Å². The minimum absolute atomic E-state index is 0.745. The lowest BCUT2D eigenvalue weighted by Gasteiger charge is -2.14. The minimum Gasteiger partial charge on any atom is -0.356 e. The average Bonchev–Trinajstić information content (AvgIpc) is 3.10. The summed E-state index contributed by atoms with van der Waals surface area (Å²) in [7, 11) is 2.03. The predicted octanol–water partition coefficient (Wildman–Crippen LogP) is 0.0958. The number of rotatable bonds is 4. The number of para-hydroxylation sites is 1. The molecule has 0 saturated heterocycles. The average molecular weight is 271 g/mol. The quantitative estimate of drug-likeness (QED) is 0.853. The van der Waals surface area contributed by atoms with Gasteiger partial charge in [-0.05, 0) is 22.6 Å². The highest BCUT2D eigenvalue weighted by molar-refractivity contribution is 5.81. The van der Waals surface area contributed by atoms with Crippen molar-refractivity contribution in [2.45, 2.75) is 6.42 Å². The summed E-state index contributed by atoms with van der Waals surface area (Å²) in [5.74, 6) is 1.79. The zero-order valence-corrected chi connectivity index (χ0v) is 11.4. The second-order valence-corrected chi connectivity index (χ2v) is 4.65. The molecule has 2 heterocycles. The number of nitrogens with one attached hydrogen (secondary N) is 1. The van der Waals surface area contributed by atoms with E-state index in [2.05, 4.69) is 30.7 Å². The molecular formula is C13H17N7. The van der Waals surface area contributed by atoms with E-state index >= 15 is 0 Å². The van der Waals surface area contributed by atoms with E-state index in [4.69, 9.17) is 0 Å². The second-order valence-electron chi connectivity index (χ2n) is 4.65. The van der Waals surface area contributed by atoms with Crippen LogP contribution in [0.3, 0.4) is 0 Å². The van der Waals surface area contributed by atoms with Crippen LogP contribution in [0.5, 0.6) is 0 Å². The highest BCUT2D eigenvalue weighted by Crippen LogP contribution is 2.07. The van der Waals surface area contributed by atoms with Gasteiger partial charge in [0.15, 0.2) is 11.8 Å². The summed E-state index contributed by atoms with van der Waals surface area (Å²) in [5, 5.41) is 15.2. The van der Waals surface area contributed by atoms with E-state index in [0.29, 0.717) is 0 Å². The van der Waals surface area contributed by atoms with Crippen LogP contribution < -0.4 is 5.32 Å². The van der Waals surface area contributed by atoms with Crippen LogP contribution in [-0.4, -0.2) is 57.7 Å². The van der Waals surface area contributed by atoms with E-state index in [9.17, 15) is 0 Å².